The minimum atomic E-state index is -4.96. The summed E-state index contributed by atoms with van der Waals surface area (Å²) in [5.41, 5.74) is 0. The van der Waals surface area contributed by atoms with Gasteiger partial charge in [-0.2, -0.15) is 0 Å². The third kappa shape index (κ3) is 71.1. The molecule has 17 nitrogen and oxygen atoms in total. The average molecular weight is 1440 g/mol. The Balaban J connectivity index is 5.19. The van der Waals surface area contributed by atoms with Crippen LogP contribution in [0.25, 0.3) is 0 Å². The summed E-state index contributed by atoms with van der Waals surface area (Å²) >= 11 is 0. The van der Waals surface area contributed by atoms with Gasteiger partial charge in [-0.15, -0.1) is 0 Å². The first-order valence-corrected chi connectivity index (χ1v) is 44.2. The molecule has 0 saturated carbocycles. The standard InChI is InChI=1S/C79H154O17P2/c1-6-10-13-16-19-21-23-25-27-29-31-35-39-43-48-53-58-63-77(82)90-69-75(96-79(84)65-60-55-50-45-41-37-33-32-34-38-42-47-51-56-61-72(5)9-4)71-94-98(87,88)92-67-73(80)66-91-97(85,86)93-70-74(68-89-76(81)62-57-52-46-18-15-12-8-3)95-78(83)64-59-54-49-44-40-36-30-28-26-24-22-20-17-14-11-7-2/h72-75,80H,6-71H2,1-5H3,(H,85,86)(H,87,88)/t72?,73-,74+,75+/m0/s1. The molecule has 6 atom stereocenters. The van der Waals surface area contributed by atoms with Gasteiger partial charge in [-0.25, -0.2) is 9.13 Å². The van der Waals surface area contributed by atoms with Crippen molar-refractivity contribution in [1.29, 1.82) is 0 Å². The minimum absolute atomic E-state index is 0.108. The van der Waals surface area contributed by atoms with E-state index >= 15 is 0 Å². The lowest BCUT2D eigenvalue weighted by Crippen LogP contribution is -2.30. The van der Waals surface area contributed by atoms with Gasteiger partial charge in [0.25, 0.3) is 0 Å². The Hall–Kier alpha value is -1.94. The molecule has 0 aromatic heterocycles. The first kappa shape index (κ1) is 96.1. The summed E-state index contributed by atoms with van der Waals surface area (Å²) in [4.78, 5) is 72.8. The molecular formula is C79H154O17P2. The summed E-state index contributed by atoms with van der Waals surface area (Å²) in [6, 6.07) is 0. The third-order valence-electron chi connectivity index (χ3n) is 18.9. The monoisotopic (exact) mass is 1440 g/mol. The second-order valence-corrected chi connectivity index (χ2v) is 31.6. The molecule has 19 heteroatoms. The van der Waals surface area contributed by atoms with Crippen LogP contribution in [0.2, 0.25) is 0 Å². The van der Waals surface area contributed by atoms with Crippen LogP contribution in [-0.4, -0.2) is 96.7 Å². The van der Waals surface area contributed by atoms with Crippen LogP contribution >= 0.6 is 15.6 Å². The molecule has 0 aromatic rings. The van der Waals surface area contributed by atoms with Crippen LogP contribution in [0.1, 0.15) is 420 Å². The van der Waals surface area contributed by atoms with E-state index in [0.29, 0.717) is 25.7 Å². The van der Waals surface area contributed by atoms with Crippen molar-refractivity contribution in [3.8, 4) is 0 Å². The van der Waals surface area contributed by atoms with Crippen molar-refractivity contribution in [1.82, 2.24) is 0 Å². The van der Waals surface area contributed by atoms with E-state index in [2.05, 4.69) is 34.6 Å². The van der Waals surface area contributed by atoms with E-state index in [1.807, 2.05) is 0 Å². The third-order valence-corrected chi connectivity index (χ3v) is 20.8. The average Bonchev–Trinajstić information content (AvgIpc) is 1.02. The fraction of sp³-hybridized carbons (Fsp3) is 0.949. The molecule has 582 valence electrons. The van der Waals surface area contributed by atoms with Crippen LogP contribution in [0.15, 0.2) is 0 Å². The van der Waals surface area contributed by atoms with Crippen LogP contribution in [0.3, 0.4) is 0 Å². The predicted octanol–water partition coefficient (Wildman–Crippen LogP) is 23.6. The van der Waals surface area contributed by atoms with Gasteiger partial charge in [0.2, 0.25) is 0 Å². The number of phosphoric acid groups is 2. The zero-order chi connectivity index (χ0) is 71.9. The molecule has 0 fully saturated rings. The van der Waals surface area contributed by atoms with E-state index in [-0.39, 0.29) is 25.7 Å². The normalized spacial score (nSPS) is 14.2. The SMILES string of the molecule is CCCCCCCCCCCCCCCCCCCC(=O)OC[C@H](COP(=O)(O)OC[C@@H](O)COP(=O)(O)OC[C@@H](COC(=O)CCCCCCCCC)OC(=O)CCCCCCCCCCCCCCCCCC)OC(=O)CCCCCCCCCCCCCCCCC(C)CC. The van der Waals surface area contributed by atoms with Crippen LogP contribution in [0.4, 0.5) is 0 Å². The minimum Gasteiger partial charge on any atom is -0.462 e. The molecule has 0 aliphatic carbocycles. The van der Waals surface area contributed by atoms with E-state index in [1.165, 1.54) is 231 Å². The van der Waals surface area contributed by atoms with Gasteiger partial charge in [0.05, 0.1) is 26.4 Å². The zero-order valence-corrected chi connectivity index (χ0v) is 65.7. The van der Waals surface area contributed by atoms with Gasteiger partial charge in [-0.05, 0) is 31.6 Å². The van der Waals surface area contributed by atoms with Crippen molar-refractivity contribution >= 4 is 39.5 Å². The summed E-state index contributed by atoms with van der Waals surface area (Å²) in [7, 11) is -9.91. The molecule has 0 spiro atoms. The number of hydrogen-bond donors (Lipinski definition) is 3. The van der Waals surface area contributed by atoms with Crippen molar-refractivity contribution < 1.29 is 80.2 Å². The van der Waals surface area contributed by atoms with Gasteiger partial charge in [0, 0.05) is 25.7 Å². The van der Waals surface area contributed by atoms with Crippen molar-refractivity contribution in [2.45, 2.75) is 438 Å². The van der Waals surface area contributed by atoms with E-state index < -0.39 is 97.5 Å². The summed E-state index contributed by atoms with van der Waals surface area (Å²) in [5, 5.41) is 10.6. The smallest absolute Gasteiger partial charge is 0.462 e. The maximum atomic E-state index is 13.1. The molecule has 0 aromatic carbocycles. The number of aliphatic hydroxyl groups excluding tert-OH is 1. The van der Waals surface area contributed by atoms with Crippen molar-refractivity contribution in [3.63, 3.8) is 0 Å². The quantitative estimate of drug-likeness (QED) is 0.0222. The second kappa shape index (κ2) is 72.0. The molecule has 0 aliphatic heterocycles. The van der Waals surface area contributed by atoms with Crippen LogP contribution in [0.5, 0.6) is 0 Å². The largest absolute Gasteiger partial charge is 0.472 e. The molecular weight excluding hydrogens is 1280 g/mol. The number of hydrogen-bond acceptors (Lipinski definition) is 15. The number of rotatable bonds is 79. The Morgan fingerprint density at radius 2 is 0.490 bits per heavy atom. The second-order valence-electron chi connectivity index (χ2n) is 28.7. The Morgan fingerprint density at radius 1 is 0.286 bits per heavy atom. The van der Waals surface area contributed by atoms with Gasteiger partial charge in [0.1, 0.15) is 19.3 Å². The molecule has 0 radical (unpaired) electrons. The number of carbonyl (C=O) groups excluding carboxylic acids is 4. The van der Waals surface area contributed by atoms with Gasteiger partial charge in [0.15, 0.2) is 12.2 Å². The summed E-state index contributed by atoms with van der Waals surface area (Å²) < 4.78 is 68.6. The van der Waals surface area contributed by atoms with Crippen LogP contribution in [0, 0.1) is 5.92 Å². The fourth-order valence-electron chi connectivity index (χ4n) is 12.2. The van der Waals surface area contributed by atoms with Crippen molar-refractivity contribution in [2.24, 2.45) is 5.92 Å². The lowest BCUT2D eigenvalue weighted by atomic mass is 9.99. The van der Waals surface area contributed by atoms with Gasteiger partial charge in [-0.3, -0.25) is 37.3 Å². The van der Waals surface area contributed by atoms with Crippen LogP contribution in [-0.2, 0) is 65.4 Å². The topological polar surface area (TPSA) is 237 Å². The van der Waals surface area contributed by atoms with Gasteiger partial charge in [-0.1, -0.05) is 369 Å². The predicted molar refractivity (Wildman–Crippen MR) is 400 cm³/mol. The molecule has 0 heterocycles. The molecule has 0 bridgehead atoms. The Morgan fingerprint density at radius 3 is 0.724 bits per heavy atom. The molecule has 3 N–H and O–H groups in total. The summed E-state index contributed by atoms with van der Waals surface area (Å²) in [6.07, 6.45) is 62.5. The highest BCUT2D eigenvalue weighted by Crippen LogP contribution is 2.45. The van der Waals surface area contributed by atoms with Gasteiger partial charge < -0.3 is 33.8 Å². The number of ether oxygens (including phenoxy) is 4. The highest BCUT2D eigenvalue weighted by molar-refractivity contribution is 7.47. The molecule has 98 heavy (non-hydrogen) atoms. The first-order valence-electron chi connectivity index (χ1n) is 41.2. The van der Waals surface area contributed by atoms with E-state index in [9.17, 15) is 43.2 Å². The highest BCUT2D eigenvalue weighted by atomic mass is 31.2. The number of phosphoric ester groups is 2. The van der Waals surface area contributed by atoms with E-state index in [4.69, 9.17) is 37.0 Å². The van der Waals surface area contributed by atoms with Crippen LogP contribution < -0.4 is 0 Å². The number of unbranched alkanes of at least 4 members (excludes halogenated alkanes) is 50. The number of carbonyl (C=O) groups is 4. The number of aliphatic hydroxyl groups is 1. The van der Waals surface area contributed by atoms with Crippen molar-refractivity contribution in [3.05, 3.63) is 0 Å². The number of esters is 4. The van der Waals surface area contributed by atoms with Gasteiger partial charge >= 0.3 is 39.5 Å². The Kier molecular flexibility index (Phi) is 70.6. The summed E-state index contributed by atoms with van der Waals surface area (Å²) in [5.74, 6) is -1.27. The molecule has 0 amide bonds. The maximum absolute atomic E-state index is 13.1. The molecule has 3 unspecified atom stereocenters. The highest BCUT2D eigenvalue weighted by Gasteiger charge is 2.30. The first-order chi connectivity index (χ1) is 47.6. The van der Waals surface area contributed by atoms with E-state index in [1.54, 1.807) is 0 Å². The molecule has 0 aliphatic rings. The Labute approximate surface area is 600 Å². The maximum Gasteiger partial charge on any atom is 0.472 e. The fourth-order valence-corrected chi connectivity index (χ4v) is 13.8. The Bertz CT molecular complexity index is 1880. The van der Waals surface area contributed by atoms with E-state index in [0.717, 1.165) is 109 Å². The lowest BCUT2D eigenvalue weighted by molar-refractivity contribution is -0.161. The zero-order valence-electron chi connectivity index (χ0n) is 63.9. The van der Waals surface area contributed by atoms with Crippen molar-refractivity contribution in [2.75, 3.05) is 39.6 Å². The summed E-state index contributed by atoms with van der Waals surface area (Å²) in [6.45, 7) is 7.34. The molecule has 0 rings (SSSR count). The lowest BCUT2D eigenvalue weighted by Gasteiger charge is -2.21. The molecule has 0 saturated heterocycles.